The number of hydrogen-bond acceptors (Lipinski definition) is 2. The predicted molar refractivity (Wildman–Crippen MR) is 73.0 cm³/mol. The minimum absolute atomic E-state index is 0.156. The lowest BCUT2D eigenvalue weighted by atomic mass is 10.00. The van der Waals surface area contributed by atoms with Gasteiger partial charge in [-0.2, -0.15) is 0 Å². The summed E-state index contributed by atoms with van der Waals surface area (Å²) < 4.78 is 32.3. The molecule has 5 heteroatoms. The van der Waals surface area contributed by atoms with Crippen LogP contribution >= 0.6 is 11.6 Å². The average Bonchev–Trinajstić information content (AvgIpc) is 2.42. The molecule has 0 aliphatic heterocycles. The van der Waals surface area contributed by atoms with Crippen molar-refractivity contribution < 1.29 is 18.6 Å². The predicted octanol–water partition coefficient (Wildman–Crippen LogP) is 3.90. The summed E-state index contributed by atoms with van der Waals surface area (Å²) in [6.07, 6.45) is -1.27. The zero-order valence-corrected chi connectivity index (χ0v) is 11.5. The van der Waals surface area contributed by atoms with Crippen LogP contribution in [0.5, 0.6) is 5.75 Å². The third-order valence-corrected chi connectivity index (χ3v) is 3.25. The molecule has 0 saturated heterocycles. The number of aliphatic hydroxyl groups excluding tert-OH is 1. The van der Waals surface area contributed by atoms with Gasteiger partial charge in [0.05, 0.1) is 13.2 Å². The van der Waals surface area contributed by atoms with Gasteiger partial charge in [0.25, 0.3) is 0 Å². The maximum absolute atomic E-state index is 13.6. The van der Waals surface area contributed by atoms with Crippen LogP contribution in [0, 0.1) is 11.6 Å². The van der Waals surface area contributed by atoms with E-state index in [-0.39, 0.29) is 12.0 Å². The van der Waals surface area contributed by atoms with Crippen molar-refractivity contribution in [1.82, 2.24) is 0 Å². The fourth-order valence-corrected chi connectivity index (χ4v) is 2.15. The van der Waals surface area contributed by atoms with Gasteiger partial charge in [0.2, 0.25) is 0 Å². The Labute approximate surface area is 120 Å². The Morgan fingerprint density at radius 2 is 1.85 bits per heavy atom. The highest BCUT2D eigenvalue weighted by molar-refractivity contribution is 6.30. The lowest BCUT2D eigenvalue weighted by molar-refractivity contribution is 0.171. The molecule has 0 spiro atoms. The van der Waals surface area contributed by atoms with Crippen LogP contribution in [0.15, 0.2) is 36.4 Å². The average molecular weight is 299 g/mol. The molecule has 2 rings (SSSR count). The standard InChI is InChI=1S/C15H13ClF2O2/c1-20-15-7-9(16)5-6-10(15)14(19)8-11-12(17)3-2-4-13(11)18/h2-7,14,19H,8H2,1H3. The minimum atomic E-state index is -1.09. The van der Waals surface area contributed by atoms with E-state index < -0.39 is 17.7 Å². The zero-order valence-electron chi connectivity index (χ0n) is 10.7. The first-order valence-corrected chi connectivity index (χ1v) is 6.35. The summed E-state index contributed by atoms with van der Waals surface area (Å²) in [5.41, 5.74) is 0.275. The lowest BCUT2D eigenvalue weighted by Crippen LogP contribution is -2.07. The Kier molecular flexibility index (Phi) is 4.57. The van der Waals surface area contributed by atoms with E-state index >= 15 is 0 Å². The highest BCUT2D eigenvalue weighted by Crippen LogP contribution is 2.31. The first kappa shape index (κ1) is 14.8. The second kappa shape index (κ2) is 6.20. The van der Waals surface area contributed by atoms with Crippen LogP contribution in [0.25, 0.3) is 0 Å². The molecule has 2 aromatic carbocycles. The largest absolute Gasteiger partial charge is 0.496 e. The van der Waals surface area contributed by atoms with Gasteiger partial charge in [0.15, 0.2) is 0 Å². The SMILES string of the molecule is COc1cc(Cl)ccc1C(O)Cc1c(F)cccc1F. The van der Waals surface area contributed by atoms with E-state index in [1.54, 1.807) is 12.1 Å². The molecule has 1 unspecified atom stereocenters. The number of methoxy groups -OCH3 is 1. The van der Waals surface area contributed by atoms with Gasteiger partial charge in [-0.05, 0) is 24.3 Å². The molecule has 1 N–H and O–H groups in total. The molecule has 0 aromatic heterocycles. The molecule has 2 nitrogen and oxygen atoms in total. The van der Waals surface area contributed by atoms with Crippen LogP contribution in [0.1, 0.15) is 17.2 Å². The van der Waals surface area contributed by atoms with Crippen molar-refractivity contribution in [3.05, 3.63) is 64.2 Å². The fraction of sp³-hybridized carbons (Fsp3) is 0.200. The molecule has 0 heterocycles. The van der Waals surface area contributed by atoms with E-state index in [1.165, 1.54) is 19.2 Å². The number of ether oxygens (including phenoxy) is 1. The highest BCUT2D eigenvalue weighted by Gasteiger charge is 2.18. The second-order valence-electron chi connectivity index (χ2n) is 4.31. The number of halogens is 3. The summed E-state index contributed by atoms with van der Waals surface area (Å²) in [6.45, 7) is 0. The number of rotatable bonds is 4. The van der Waals surface area contributed by atoms with E-state index in [0.29, 0.717) is 16.3 Å². The summed E-state index contributed by atoms with van der Waals surface area (Å²) in [7, 11) is 1.44. The Hall–Kier alpha value is -1.65. The monoisotopic (exact) mass is 298 g/mol. The Morgan fingerprint density at radius 1 is 1.20 bits per heavy atom. The molecule has 0 aliphatic rings. The van der Waals surface area contributed by atoms with Gasteiger partial charge in [-0.25, -0.2) is 8.78 Å². The van der Waals surface area contributed by atoms with Gasteiger partial charge in [0.1, 0.15) is 17.4 Å². The first-order chi connectivity index (χ1) is 9.52. The van der Waals surface area contributed by atoms with Crippen molar-refractivity contribution in [3.8, 4) is 5.75 Å². The van der Waals surface area contributed by atoms with Crippen LogP contribution in [0.2, 0.25) is 5.02 Å². The molecule has 1 atom stereocenters. The summed E-state index contributed by atoms with van der Waals surface area (Å²) >= 11 is 5.83. The van der Waals surface area contributed by atoms with Gasteiger partial charge in [-0.1, -0.05) is 23.7 Å². The van der Waals surface area contributed by atoms with Crippen LogP contribution in [-0.4, -0.2) is 12.2 Å². The van der Waals surface area contributed by atoms with E-state index in [0.717, 1.165) is 12.1 Å². The van der Waals surface area contributed by atoms with E-state index in [2.05, 4.69) is 0 Å². The molecule has 106 valence electrons. The lowest BCUT2D eigenvalue weighted by Gasteiger charge is -2.16. The second-order valence-corrected chi connectivity index (χ2v) is 4.74. The number of benzene rings is 2. The van der Waals surface area contributed by atoms with Gasteiger partial charge >= 0.3 is 0 Å². The van der Waals surface area contributed by atoms with Gasteiger partial charge in [-0.3, -0.25) is 0 Å². The molecular weight excluding hydrogens is 286 g/mol. The van der Waals surface area contributed by atoms with Gasteiger partial charge in [0, 0.05) is 22.6 Å². The molecule has 0 bridgehead atoms. The van der Waals surface area contributed by atoms with E-state index in [4.69, 9.17) is 16.3 Å². The molecule has 2 aromatic rings. The molecular formula is C15H13ClF2O2. The third kappa shape index (κ3) is 3.08. The third-order valence-electron chi connectivity index (χ3n) is 3.01. The molecule has 0 amide bonds. The summed E-state index contributed by atoms with van der Waals surface area (Å²) in [4.78, 5) is 0. The molecule has 20 heavy (non-hydrogen) atoms. The highest BCUT2D eigenvalue weighted by atomic mass is 35.5. The smallest absolute Gasteiger partial charge is 0.129 e. The van der Waals surface area contributed by atoms with Crippen molar-refractivity contribution in [1.29, 1.82) is 0 Å². The van der Waals surface area contributed by atoms with Gasteiger partial charge < -0.3 is 9.84 Å². The molecule has 0 saturated carbocycles. The molecule has 0 aliphatic carbocycles. The maximum Gasteiger partial charge on any atom is 0.129 e. The zero-order chi connectivity index (χ0) is 14.7. The molecule has 0 fully saturated rings. The molecule has 0 radical (unpaired) electrons. The maximum atomic E-state index is 13.6. The van der Waals surface area contributed by atoms with Crippen LogP contribution in [-0.2, 0) is 6.42 Å². The summed E-state index contributed by atoms with van der Waals surface area (Å²) in [5.74, 6) is -0.990. The summed E-state index contributed by atoms with van der Waals surface area (Å²) in [5, 5.41) is 10.6. The van der Waals surface area contributed by atoms with Crippen molar-refractivity contribution >= 4 is 11.6 Å². The Bertz CT molecular complexity index is 597. The van der Waals surface area contributed by atoms with Crippen molar-refractivity contribution in [2.24, 2.45) is 0 Å². The topological polar surface area (TPSA) is 29.5 Å². The van der Waals surface area contributed by atoms with E-state index in [9.17, 15) is 13.9 Å². The fourth-order valence-electron chi connectivity index (χ4n) is 1.99. The number of hydrogen-bond donors (Lipinski definition) is 1. The van der Waals surface area contributed by atoms with Gasteiger partial charge in [-0.15, -0.1) is 0 Å². The quantitative estimate of drug-likeness (QED) is 0.927. The summed E-state index contributed by atoms with van der Waals surface area (Å²) in [6, 6.07) is 8.29. The van der Waals surface area contributed by atoms with Crippen LogP contribution < -0.4 is 4.74 Å². The van der Waals surface area contributed by atoms with Crippen molar-refractivity contribution in [3.63, 3.8) is 0 Å². The number of aliphatic hydroxyl groups is 1. The van der Waals surface area contributed by atoms with Crippen molar-refractivity contribution in [2.75, 3.05) is 7.11 Å². The first-order valence-electron chi connectivity index (χ1n) is 5.97. The van der Waals surface area contributed by atoms with Crippen molar-refractivity contribution in [2.45, 2.75) is 12.5 Å². The van der Waals surface area contributed by atoms with Crippen LogP contribution in [0.3, 0.4) is 0 Å². The Balaban J connectivity index is 2.31. The Morgan fingerprint density at radius 3 is 2.45 bits per heavy atom. The minimum Gasteiger partial charge on any atom is -0.496 e. The van der Waals surface area contributed by atoms with E-state index in [1.807, 2.05) is 0 Å². The van der Waals surface area contributed by atoms with Crippen LogP contribution in [0.4, 0.5) is 8.78 Å². The normalized spacial score (nSPS) is 12.2.